The van der Waals surface area contributed by atoms with E-state index in [9.17, 15) is 14.4 Å². The number of likely N-dealkylation sites (tertiary alicyclic amines) is 1. The molecule has 160 valence electrons. The molecule has 0 unspecified atom stereocenters. The van der Waals surface area contributed by atoms with Crippen LogP contribution in [0.25, 0.3) is 0 Å². The number of hydrogen-bond acceptors (Lipinski definition) is 4. The molecule has 1 aliphatic heterocycles. The Morgan fingerprint density at radius 1 is 1.10 bits per heavy atom. The van der Waals surface area contributed by atoms with E-state index in [4.69, 9.17) is 16.3 Å². The summed E-state index contributed by atoms with van der Waals surface area (Å²) in [6.07, 6.45) is 1.44. The third kappa shape index (κ3) is 8.73. The topological polar surface area (TPSA) is 87.7 Å². The van der Waals surface area contributed by atoms with E-state index in [2.05, 4.69) is 10.6 Å². The summed E-state index contributed by atoms with van der Waals surface area (Å²) >= 11 is 5.87. The average molecular weight is 424 g/mol. The van der Waals surface area contributed by atoms with E-state index in [0.717, 1.165) is 18.4 Å². The Labute approximate surface area is 177 Å². The zero-order valence-corrected chi connectivity index (χ0v) is 18.1. The van der Waals surface area contributed by atoms with Crippen LogP contribution in [0.2, 0.25) is 5.02 Å². The summed E-state index contributed by atoms with van der Waals surface area (Å²) in [6, 6.07) is 7.31. The van der Waals surface area contributed by atoms with E-state index in [0.29, 0.717) is 37.0 Å². The first-order chi connectivity index (χ1) is 13.6. The van der Waals surface area contributed by atoms with E-state index in [1.807, 2.05) is 17.0 Å². The van der Waals surface area contributed by atoms with Crippen LogP contribution in [0, 0.1) is 5.92 Å². The monoisotopic (exact) mass is 423 g/mol. The van der Waals surface area contributed by atoms with Crippen LogP contribution in [0.4, 0.5) is 4.79 Å². The summed E-state index contributed by atoms with van der Waals surface area (Å²) in [5.41, 5.74) is 0.353. The number of nitrogens with zero attached hydrogens (tertiary/aromatic N) is 1. The molecule has 0 radical (unpaired) electrons. The largest absolute Gasteiger partial charge is 0.444 e. The summed E-state index contributed by atoms with van der Waals surface area (Å²) in [5, 5.41) is 5.93. The van der Waals surface area contributed by atoms with Gasteiger partial charge in [-0.15, -0.1) is 0 Å². The summed E-state index contributed by atoms with van der Waals surface area (Å²) < 4.78 is 5.09. The van der Waals surface area contributed by atoms with Gasteiger partial charge in [-0.05, 0) is 57.2 Å². The first kappa shape index (κ1) is 23.0. The Morgan fingerprint density at radius 2 is 1.72 bits per heavy atom. The highest BCUT2D eigenvalue weighted by molar-refractivity contribution is 6.30. The first-order valence-corrected chi connectivity index (χ1v) is 10.3. The van der Waals surface area contributed by atoms with Gasteiger partial charge in [0.1, 0.15) is 5.60 Å². The fourth-order valence-corrected chi connectivity index (χ4v) is 3.19. The van der Waals surface area contributed by atoms with Crippen molar-refractivity contribution in [1.82, 2.24) is 15.5 Å². The molecular weight excluding hydrogens is 394 g/mol. The van der Waals surface area contributed by atoms with E-state index < -0.39 is 11.7 Å². The fraction of sp³-hybridized carbons (Fsp3) is 0.571. The second-order valence-corrected chi connectivity index (χ2v) is 8.72. The van der Waals surface area contributed by atoms with Crippen LogP contribution in [-0.4, -0.2) is 54.6 Å². The lowest BCUT2D eigenvalue weighted by Gasteiger charge is -2.32. The molecule has 1 aliphatic rings. The van der Waals surface area contributed by atoms with E-state index in [1.54, 1.807) is 32.9 Å². The van der Waals surface area contributed by atoms with Crippen molar-refractivity contribution >= 4 is 29.5 Å². The van der Waals surface area contributed by atoms with Gasteiger partial charge < -0.3 is 20.3 Å². The van der Waals surface area contributed by atoms with Crippen LogP contribution in [0.5, 0.6) is 0 Å². The molecule has 2 N–H and O–H groups in total. The molecule has 1 aromatic rings. The molecule has 1 fully saturated rings. The van der Waals surface area contributed by atoms with Crippen molar-refractivity contribution in [3.8, 4) is 0 Å². The number of halogens is 1. The van der Waals surface area contributed by atoms with Gasteiger partial charge in [-0.1, -0.05) is 23.7 Å². The Hall–Kier alpha value is -2.28. The Morgan fingerprint density at radius 3 is 2.31 bits per heavy atom. The van der Waals surface area contributed by atoms with Crippen LogP contribution in [0.1, 0.15) is 39.2 Å². The normalized spacial score (nSPS) is 15.0. The Balaban J connectivity index is 1.64. The van der Waals surface area contributed by atoms with Gasteiger partial charge in [0.2, 0.25) is 11.8 Å². The van der Waals surface area contributed by atoms with Crippen molar-refractivity contribution in [2.75, 3.05) is 26.2 Å². The maximum atomic E-state index is 12.4. The SMILES string of the molecule is CC(C)(C)OC(=O)NCC(=O)NCC1CCN(C(=O)Cc2ccc(Cl)cc2)CC1. The molecule has 0 bridgehead atoms. The van der Waals surface area contributed by atoms with Gasteiger partial charge >= 0.3 is 6.09 Å². The number of piperidine rings is 1. The molecule has 0 spiro atoms. The van der Waals surface area contributed by atoms with Crippen LogP contribution in [0.3, 0.4) is 0 Å². The van der Waals surface area contributed by atoms with Gasteiger partial charge in [-0.2, -0.15) is 0 Å². The van der Waals surface area contributed by atoms with E-state index in [1.165, 1.54) is 0 Å². The van der Waals surface area contributed by atoms with Gasteiger partial charge in [-0.3, -0.25) is 9.59 Å². The molecule has 7 nitrogen and oxygen atoms in total. The standard InChI is InChI=1S/C21H30ClN3O4/c1-21(2,3)29-20(28)24-14-18(26)23-13-16-8-10-25(11-9-16)19(27)12-15-4-6-17(22)7-5-15/h4-7,16H,8-14H2,1-3H3,(H,23,26)(H,24,28). The lowest BCUT2D eigenvalue weighted by Crippen LogP contribution is -2.44. The number of benzene rings is 1. The van der Waals surface area contributed by atoms with Crippen molar-refractivity contribution in [3.05, 3.63) is 34.9 Å². The van der Waals surface area contributed by atoms with Crippen LogP contribution >= 0.6 is 11.6 Å². The zero-order valence-electron chi connectivity index (χ0n) is 17.3. The third-order valence-corrected chi connectivity index (χ3v) is 4.87. The van der Waals surface area contributed by atoms with Gasteiger partial charge in [0.15, 0.2) is 0 Å². The van der Waals surface area contributed by atoms with Crippen LogP contribution in [0.15, 0.2) is 24.3 Å². The minimum Gasteiger partial charge on any atom is -0.444 e. The van der Waals surface area contributed by atoms with Gasteiger partial charge in [-0.25, -0.2) is 4.79 Å². The van der Waals surface area contributed by atoms with Crippen molar-refractivity contribution in [1.29, 1.82) is 0 Å². The summed E-state index contributed by atoms with van der Waals surface area (Å²) in [6.45, 7) is 7.07. The lowest BCUT2D eigenvalue weighted by atomic mass is 9.96. The molecule has 29 heavy (non-hydrogen) atoms. The van der Waals surface area contributed by atoms with Crippen molar-refractivity contribution < 1.29 is 19.1 Å². The number of ether oxygens (including phenoxy) is 1. The highest BCUT2D eigenvalue weighted by atomic mass is 35.5. The predicted octanol–water partition coefficient (Wildman–Crippen LogP) is 2.76. The summed E-state index contributed by atoms with van der Waals surface area (Å²) in [4.78, 5) is 37.8. The maximum Gasteiger partial charge on any atom is 0.408 e. The number of nitrogens with one attached hydrogen (secondary N) is 2. The second-order valence-electron chi connectivity index (χ2n) is 8.29. The number of carbonyl (C=O) groups is 3. The minimum atomic E-state index is -0.611. The second kappa shape index (κ2) is 10.5. The third-order valence-electron chi connectivity index (χ3n) is 4.62. The Bertz CT molecular complexity index is 708. The van der Waals surface area contributed by atoms with Gasteiger partial charge in [0.05, 0.1) is 13.0 Å². The molecule has 0 saturated carbocycles. The smallest absolute Gasteiger partial charge is 0.408 e. The Kier molecular flexibility index (Phi) is 8.32. The quantitative estimate of drug-likeness (QED) is 0.736. The van der Waals surface area contributed by atoms with Crippen molar-refractivity contribution in [2.24, 2.45) is 5.92 Å². The number of carbonyl (C=O) groups excluding carboxylic acids is 3. The molecule has 2 rings (SSSR count). The molecule has 1 saturated heterocycles. The molecular formula is C21H30ClN3O4. The molecule has 0 aliphatic carbocycles. The minimum absolute atomic E-state index is 0.108. The van der Waals surface area contributed by atoms with Crippen molar-refractivity contribution in [3.63, 3.8) is 0 Å². The number of alkyl carbamates (subject to hydrolysis) is 1. The van der Waals surface area contributed by atoms with Crippen molar-refractivity contribution in [2.45, 2.75) is 45.6 Å². The number of amides is 3. The number of hydrogen-bond donors (Lipinski definition) is 2. The first-order valence-electron chi connectivity index (χ1n) is 9.88. The maximum absolute atomic E-state index is 12.4. The summed E-state index contributed by atoms with van der Waals surface area (Å²) in [5.74, 6) is 0.175. The molecule has 1 aromatic carbocycles. The van der Waals surface area contributed by atoms with Gasteiger partial charge in [0.25, 0.3) is 0 Å². The predicted molar refractivity (Wildman–Crippen MR) is 112 cm³/mol. The highest BCUT2D eigenvalue weighted by Crippen LogP contribution is 2.18. The molecule has 1 heterocycles. The van der Waals surface area contributed by atoms with Crippen LogP contribution < -0.4 is 10.6 Å². The highest BCUT2D eigenvalue weighted by Gasteiger charge is 2.23. The molecule has 3 amide bonds. The van der Waals surface area contributed by atoms with E-state index >= 15 is 0 Å². The molecule has 0 atom stereocenters. The zero-order chi connectivity index (χ0) is 21.4. The van der Waals surface area contributed by atoms with Crippen LogP contribution in [-0.2, 0) is 20.7 Å². The number of rotatable bonds is 6. The van der Waals surface area contributed by atoms with Gasteiger partial charge in [0, 0.05) is 24.7 Å². The fourth-order valence-electron chi connectivity index (χ4n) is 3.06. The average Bonchev–Trinajstić information content (AvgIpc) is 2.65. The lowest BCUT2D eigenvalue weighted by molar-refractivity contribution is -0.132. The molecule has 8 heteroatoms. The van der Waals surface area contributed by atoms with E-state index in [-0.39, 0.29) is 18.4 Å². The summed E-state index contributed by atoms with van der Waals surface area (Å²) in [7, 11) is 0. The molecule has 0 aromatic heterocycles.